The summed E-state index contributed by atoms with van der Waals surface area (Å²) in [7, 11) is 0. The fraction of sp³-hybridized carbons (Fsp3) is 0.227. The van der Waals surface area contributed by atoms with Crippen LogP contribution in [0.1, 0.15) is 22.9 Å². The Kier molecular flexibility index (Phi) is 4.57. The lowest BCUT2D eigenvalue weighted by Gasteiger charge is -2.28. The summed E-state index contributed by atoms with van der Waals surface area (Å²) < 4.78 is 0. The number of aromatic amines is 1. The zero-order chi connectivity index (χ0) is 19.6. The number of aliphatic hydroxyl groups is 1. The first-order valence-electron chi connectivity index (χ1n) is 9.78. The van der Waals surface area contributed by atoms with Crippen molar-refractivity contribution in [1.29, 1.82) is 0 Å². The minimum atomic E-state index is -0.637. The first-order chi connectivity index (χ1) is 14.3. The molecule has 146 valence electrons. The number of H-pyrrole nitrogens is 1. The molecule has 3 N–H and O–H groups in total. The number of nitrogens with zero attached hydrogens (tertiary/aromatic N) is 4. The minimum Gasteiger partial charge on any atom is -0.387 e. The average Bonchev–Trinajstić information content (AvgIpc) is 3.19. The van der Waals surface area contributed by atoms with Crippen LogP contribution in [0.5, 0.6) is 0 Å². The highest BCUT2D eigenvalue weighted by Crippen LogP contribution is 2.32. The maximum atomic E-state index is 10.4. The Balaban J connectivity index is 1.42. The van der Waals surface area contributed by atoms with Gasteiger partial charge in [0.05, 0.1) is 17.2 Å². The molecule has 2 aromatic carbocycles. The van der Waals surface area contributed by atoms with Crippen LogP contribution in [0.4, 0.5) is 11.8 Å². The van der Waals surface area contributed by atoms with Gasteiger partial charge in [0.15, 0.2) is 5.65 Å². The summed E-state index contributed by atoms with van der Waals surface area (Å²) in [6, 6.07) is 19.9. The zero-order valence-corrected chi connectivity index (χ0v) is 15.9. The van der Waals surface area contributed by atoms with Crippen molar-refractivity contribution >= 4 is 22.8 Å². The van der Waals surface area contributed by atoms with Crippen LogP contribution in [0.15, 0.2) is 60.7 Å². The third-order valence-corrected chi connectivity index (χ3v) is 5.25. The van der Waals surface area contributed by atoms with Crippen molar-refractivity contribution < 1.29 is 5.11 Å². The maximum Gasteiger partial charge on any atom is 0.226 e. The van der Waals surface area contributed by atoms with Gasteiger partial charge in [-0.15, -0.1) is 0 Å². The van der Waals surface area contributed by atoms with E-state index in [4.69, 9.17) is 4.98 Å². The van der Waals surface area contributed by atoms with Crippen LogP contribution in [0, 0.1) is 0 Å². The molecule has 0 unspecified atom stereocenters. The predicted octanol–water partition coefficient (Wildman–Crippen LogP) is 3.06. The molecule has 2 aromatic heterocycles. The minimum absolute atomic E-state index is 0.324. The first kappa shape index (κ1) is 17.6. The fourth-order valence-corrected chi connectivity index (χ4v) is 3.74. The third kappa shape index (κ3) is 3.52. The number of anilines is 2. The van der Waals surface area contributed by atoms with Crippen molar-refractivity contribution in [3.8, 4) is 0 Å². The van der Waals surface area contributed by atoms with Gasteiger partial charge in [0.1, 0.15) is 5.82 Å². The molecular formula is C22H22N6O. The SMILES string of the molecule is O[C@H](CNc1nc2c3c([nH]nc3n1)CCN2Cc1ccccc1)c1ccccc1. The second-order valence-corrected chi connectivity index (χ2v) is 7.24. The molecule has 3 heterocycles. The van der Waals surface area contributed by atoms with Crippen LogP contribution < -0.4 is 10.2 Å². The molecule has 7 heteroatoms. The summed E-state index contributed by atoms with van der Waals surface area (Å²) >= 11 is 0. The monoisotopic (exact) mass is 386 g/mol. The largest absolute Gasteiger partial charge is 0.387 e. The Morgan fingerprint density at radius 3 is 2.59 bits per heavy atom. The van der Waals surface area contributed by atoms with E-state index in [0.29, 0.717) is 18.1 Å². The third-order valence-electron chi connectivity index (χ3n) is 5.25. The molecule has 0 saturated heterocycles. The van der Waals surface area contributed by atoms with Crippen molar-refractivity contribution in [3.05, 3.63) is 77.5 Å². The molecule has 0 saturated carbocycles. The number of rotatable bonds is 6. The lowest BCUT2D eigenvalue weighted by atomic mass is 10.1. The molecule has 1 aliphatic rings. The Hall–Kier alpha value is -3.45. The fourth-order valence-electron chi connectivity index (χ4n) is 3.74. The number of hydrogen-bond donors (Lipinski definition) is 3. The van der Waals surface area contributed by atoms with Gasteiger partial charge in [0.2, 0.25) is 5.95 Å². The van der Waals surface area contributed by atoms with Gasteiger partial charge in [-0.1, -0.05) is 60.7 Å². The lowest BCUT2D eigenvalue weighted by molar-refractivity contribution is 0.191. The number of aliphatic hydroxyl groups excluding tert-OH is 1. The summed E-state index contributed by atoms with van der Waals surface area (Å²) in [6.07, 6.45) is 0.251. The van der Waals surface area contributed by atoms with E-state index in [1.54, 1.807) is 0 Å². The number of nitrogens with one attached hydrogen (secondary N) is 2. The van der Waals surface area contributed by atoms with Crippen LogP contribution in [-0.2, 0) is 13.0 Å². The van der Waals surface area contributed by atoms with Crippen LogP contribution in [0.25, 0.3) is 11.0 Å². The molecule has 0 aliphatic carbocycles. The number of hydrogen-bond acceptors (Lipinski definition) is 6. The molecule has 0 radical (unpaired) electrons. The molecule has 0 fully saturated rings. The summed E-state index contributed by atoms with van der Waals surface area (Å²) in [5, 5.41) is 22.1. The van der Waals surface area contributed by atoms with Gasteiger partial charge in [0, 0.05) is 26.1 Å². The molecule has 0 bridgehead atoms. The van der Waals surface area contributed by atoms with Gasteiger partial charge in [-0.25, -0.2) is 0 Å². The van der Waals surface area contributed by atoms with Crippen molar-refractivity contribution in [1.82, 2.24) is 20.2 Å². The van der Waals surface area contributed by atoms with Crippen LogP contribution in [0.2, 0.25) is 0 Å². The van der Waals surface area contributed by atoms with Crippen molar-refractivity contribution in [3.63, 3.8) is 0 Å². The van der Waals surface area contributed by atoms with Gasteiger partial charge in [0.25, 0.3) is 0 Å². The second-order valence-electron chi connectivity index (χ2n) is 7.24. The standard InChI is InChI=1S/C22H22N6O/c29-18(16-9-5-2-6-10-16)13-23-22-24-20-19-17(26-27-20)11-12-28(21(19)25-22)14-15-7-3-1-4-8-15/h1-10,18,29H,11-14H2,(H2,23,24,25,26,27)/t18-/m1/s1. The molecule has 4 aromatic rings. The molecule has 0 spiro atoms. The highest BCUT2D eigenvalue weighted by Gasteiger charge is 2.24. The van der Waals surface area contributed by atoms with E-state index in [2.05, 4.69) is 49.7 Å². The van der Waals surface area contributed by atoms with Gasteiger partial charge < -0.3 is 15.3 Å². The van der Waals surface area contributed by atoms with E-state index in [9.17, 15) is 5.11 Å². The van der Waals surface area contributed by atoms with Crippen LogP contribution in [0.3, 0.4) is 0 Å². The summed E-state index contributed by atoms with van der Waals surface area (Å²) in [5.41, 5.74) is 3.82. The topological polar surface area (TPSA) is 90.0 Å². The van der Waals surface area contributed by atoms with Crippen molar-refractivity contribution in [2.75, 3.05) is 23.3 Å². The molecule has 0 amide bonds. The molecular weight excluding hydrogens is 364 g/mol. The van der Waals surface area contributed by atoms with Crippen LogP contribution >= 0.6 is 0 Å². The quantitative estimate of drug-likeness (QED) is 0.472. The molecule has 1 atom stereocenters. The maximum absolute atomic E-state index is 10.4. The highest BCUT2D eigenvalue weighted by atomic mass is 16.3. The molecule has 1 aliphatic heterocycles. The van der Waals surface area contributed by atoms with Crippen molar-refractivity contribution in [2.24, 2.45) is 0 Å². The summed E-state index contributed by atoms with van der Waals surface area (Å²) in [5.74, 6) is 1.35. The average molecular weight is 386 g/mol. The van der Waals surface area contributed by atoms with E-state index in [1.165, 1.54) is 5.56 Å². The van der Waals surface area contributed by atoms with E-state index in [0.717, 1.165) is 42.0 Å². The number of aromatic nitrogens is 4. The smallest absolute Gasteiger partial charge is 0.226 e. The Labute approximate surface area is 168 Å². The van der Waals surface area contributed by atoms with Gasteiger partial charge >= 0.3 is 0 Å². The normalized spacial score (nSPS) is 14.2. The molecule has 7 nitrogen and oxygen atoms in total. The van der Waals surface area contributed by atoms with Gasteiger partial charge in [-0.2, -0.15) is 15.1 Å². The molecule has 29 heavy (non-hydrogen) atoms. The first-order valence-corrected chi connectivity index (χ1v) is 9.78. The van der Waals surface area contributed by atoms with Gasteiger partial charge in [-0.05, 0) is 11.1 Å². The van der Waals surface area contributed by atoms with Crippen molar-refractivity contribution in [2.45, 2.75) is 19.1 Å². The second kappa shape index (κ2) is 7.52. The Morgan fingerprint density at radius 2 is 1.79 bits per heavy atom. The lowest BCUT2D eigenvalue weighted by Crippen LogP contribution is -2.30. The molecule has 5 rings (SSSR count). The zero-order valence-electron chi connectivity index (χ0n) is 15.9. The summed E-state index contributed by atoms with van der Waals surface area (Å²) in [4.78, 5) is 11.6. The summed E-state index contributed by atoms with van der Waals surface area (Å²) in [6.45, 7) is 1.97. The van der Waals surface area contributed by atoms with E-state index in [1.807, 2.05) is 36.4 Å². The van der Waals surface area contributed by atoms with E-state index in [-0.39, 0.29) is 0 Å². The van der Waals surface area contributed by atoms with Gasteiger partial charge in [-0.3, -0.25) is 5.10 Å². The Morgan fingerprint density at radius 1 is 1.03 bits per heavy atom. The Bertz CT molecular complexity index is 1110. The predicted molar refractivity (Wildman–Crippen MR) is 113 cm³/mol. The van der Waals surface area contributed by atoms with E-state index >= 15 is 0 Å². The highest BCUT2D eigenvalue weighted by molar-refractivity contribution is 5.91. The van der Waals surface area contributed by atoms with E-state index < -0.39 is 6.10 Å². The van der Waals surface area contributed by atoms with Crippen LogP contribution in [-0.4, -0.2) is 38.4 Å². The number of benzene rings is 2.